The number of benzene rings is 1. The topological polar surface area (TPSA) is 47.7 Å². The maximum absolute atomic E-state index is 5.83. The Labute approximate surface area is 125 Å². The zero-order chi connectivity index (χ0) is 14.7. The SMILES string of the molecule is COc1cc(SC)c(C2CC(CN)CN2C)cc1OC. The zero-order valence-electron chi connectivity index (χ0n) is 12.7. The van der Waals surface area contributed by atoms with Gasteiger partial charge < -0.3 is 15.2 Å². The van der Waals surface area contributed by atoms with Crippen LogP contribution in [0.1, 0.15) is 18.0 Å². The van der Waals surface area contributed by atoms with Crippen molar-refractivity contribution in [3.05, 3.63) is 17.7 Å². The maximum Gasteiger partial charge on any atom is 0.161 e. The molecule has 5 heteroatoms. The van der Waals surface area contributed by atoms with Gasteiger partial charge >= 0.3 is 0 Å². The van der Waals surface area contributed by atoms with Crippen molar-refractivity contribution in [3.63, 3.8) is 0 Å². The summed E-state index contributed by atoms with van der Waals surface area (Å²) in [5, 5.41) is 0. The predicted octanol–water partition coefficient (Wildman–Crippen LogP) is 2.38. The number of hydrogen-bond donors (Lipinski definition) is 1. The summed E-state index contributed by atoms with van der Waals surface area (Å²) in [7, 11) is 5.52. The average Bonchev–Trinajstić information content (AvgIpc) is 2.86. The van der Waals surface area contributed by atoms with Crippen molar-refractivity contribution in [2.24, 2.45) is 11.7 Å². The molecule has 4 nitrogen and oxygen atoms in total. The fraction of sp³-hybridized carbons (Fsp3) is 0.600. The number of ether oxygens (including phenoxy) is 2. The van der Waals surface area contributed by atoms with Crippen molar-refractivity contribution in [3.8, 4) is 11.5 Å². The smallest absolute Gasteiger partial charge is 0.161 e. The first-order chi connectivity index (χ1) is 9.64. The third kappa shape index (κ3) is 2.90. The Morgan fingerprint density at radius 3 is 2.45 bits per heavy atom. The number of hydrogen-bond acceptors (Lipinski definition) is 5. The molecule has 2 unspecified atom stereocenters. The van der Waals surface area contributed by atoms with E-state index in [1.54, 1.807) is 26.0 Å². The standard InChI is InChI=1S/C15H24N2O2S/c1-17-9-10(8-16)5-12(17)11-6-13(18-2)14(19-3)7-15(11)20-4/h6-7,10,12H,5,8-9,16H2,1-4H3. The van der Waals surface area contributed by atoms with Crippen molar-refractivity contribution < 1.29 is 9.47 Å². The van der Waals surface area contributed by atoms with Crippen LogP contribution >= 0.6 is 11.8 Å². The molecule has 1 aliphatic heterocycles. The van der Waals surface area contributed by atoms with Gasteiger partial charge in [0, 0.05) is 17.5 Å². The van der Waals surface area contributed by atoms with Gasteiger partial charge in [-0.2, -0.15) is 0 Å². The first-order valence-corrected chi connectivity index (χ1v) is 8.07. The molecule has 1 saturated heterocycles. The van der Waals surface area contributed by atoms with Crippen LogP contribution in [0.15, 0.2) is 17.0 Å². The zero-order valence-corrected chi connectivity index (χ0v) is 13.5. The number of nitrogens with zero attached hydrogens (tertiary/aromatic N) is 1. The summed E-state index contributed by atoms with van der Waals surface area (Å²) >= 11 is 1.75. The molecule has 1 aliphatic rings. The first-order valence-electron chi connectivity index (χ1n) is 6.84. The molecular weight excluding hydrogens is 272 g/mol. The van der Waals surface area contributed by atoms with Crippen molar-refractivity contribution in [2.45, 2.75) is 17.4 Å². The van der Waals surface area contributed by atoms with Crippen LogP contribution < -0.4 is 15.2 Å². The molecule has 0 saturated carbocycles. The number of nitrogens with two attached hydrogens (primary N) is 1. The predicted molar refractivity (Wildman–Crippen MR) is 83.9 cm³/mol. The molecule has 2 rings (SSSR count). The molecule has 1 aromatic carbocycles. The number of likely N-dealkylation sites (tertiary alicyclic amines) is 1. The van der Waals surface area contributed by atoms with Gasteiger partial charge in [-0.15, -0.1) is 11.8 Å². The second kappa shape index (κ2) is 6.70. The highest BCUT2D eigenvalue weighted by Gasteiger charge is 2.31. The summed E-state index contributed by atoms with van der Waals surface area (Å²) in [5.41, 5.74) is 7.15. The van der Waals surface area contributed by atoms with Crippen molar-refractivity contribution in [1.82, 2.24) is 4.90 Å². The van der Waals surface area contributed by atoms with E-state index >= 15 is 0 Å². The third-order valence-electron chi connectivity index (χ3n) is 4.06. The van der Waals surface area contributed by atoms with Gasteiger partial charge in [-0.25, -0.2) is 0 Å². The van der Waals surface area contributed by atoms with Crippen molar-refractivity contribution in [2.75, 3.05) is 40.6 Å². The fourth-order valence-corrected chi connectivity index (χ4v) is 3.61. The monoisotopic (exact) mass is 296 g/mol. The molecule has 0 radical (unpaired) electrons. The normalized spacial score (nSPS) is 23.1. The third-order valence-corrected chi connectivity index (χ3v) is 4.86. The largest absolute Gasteiger partial charge is 0.493 e. The Balaban J connectivity index is 2.39. The van der Waals surface area contributed by atoms with E-state index in [1.807, 2.05) is 0 Å². The summed E-state index contributed by atoms with van der Waals surface area (Å²) in [6.45, 7) is 1.81. The number of thioether (sulfide) groups is 1. The lowest BCUT2D eigenvalue weighted by Crippen LogP contribution is -2.21. The van der Waals surface area contributed by atoms with Gasteiger partial charge in [-0.3, -0.25) is 4.90 Å². The first kappa shape index (κ1) is 15.5. The van der Waals surface area contributed by atoms with Crippen LogP contribution in [-0.2, 0) is 0 Å². The fourth-order valence-electron chi connectivity index (χ4n) is 2.95. The molecule has 0 spiro atoms. The molecule has 1 heterocycles. The van der Waals surface area contributed by atoms with Crippen LogP contribution in [0.2, 0.25) is 0 Å². The van der Waals surface area contributed by atoms with Gasteiger partial charge in [0.1, 0.15) is 0 Å². The second-order valence-electron chi connectivity index (χ2n) is 5.24. The molecule has 2 N–H and O–H groups in total. The van der Waals surface area contributed by atoms with E-state index in [9.17, 15) is 0 Å². The number of rotatable bonds is 5. The van der Waals surface area contributed by atoms with E-state index in [2.05, 4.69) is 30.3 Å². The molecular formula is C15H24N2O2S. The minimum absolute atomic E-state index is 0.408. The molecule has 20 heavy (non-hydrogen) atoms. The van der Waals surface area contributed by atoms with Gasteiger partial charge in [0.15, 0.2) is 11.5 Å². The molecule has 0 bridgehead atoms. The molecule has 0 amide bonds. The summed E-state index contributed by atoms with van der Waals surface area (Å²) in [4.78, 5) is 3.63. The van der Waals surface area contributed by atoms with Crippen LogP contribution in [0.3, 0.4) is 0 Å². The van der Waals surface area contributed by atoms with Crippen LogP contribution in [0, 0.1) is 5.92 Å². The Morgan fingerprint density at radius 2 is 1.95 bits per heavy atom. The summed E-state index contributed by atoms with van der Waals surface area (Å²) in [5.74, 6) is 2.16. The van der Waals surface area contributed by atoms with E-state index in [-0.39, 0.29) is 0 Å². The summed E-state index contributed by atoms with van der Waals surface area (Å²) in [6, 6.07) is 4.60. The lowest BCUT2D eigenvalue weighted by Gasteiger charge is -2.23. The van der Waals surface area contributed by atoms with Gasteiger partial charge in [0.2, 0.25) is 0 Å². The number of methoxy groups -OCH3 is 2. The van der Waals surface area contributed by atoms with E-state index in [0.29, 0.717) is 12.0 Å². The van der Waals surface area contributed by atoms with Gasteiger partial charge in [0.05, 0.1) is 14.2 Å². The Kier molecular flexibility index (Phi) is 5.18. The van der Waals surface area contributed by atoms with Crippen molar-refractivity contribution >= 4 is 11.8 Å². The Morgan fingerprint density at radius 1 is 1.30 bits per heavy atom. The lowest BCUT2D eigenvalue weighted by molar-refractivity contribution is 0.307. The van der Waals surface area contributed by atoms with Crippen LogP contribution in [0.4, 0.5) is 0 Å². The van der Waals surface area contributed by atoms with E-state index in [0.717, 1.165) is 31.0 Å². The van der Waals surface area contributed by atoms with Crippen LogP contribution in [-0.4, -0.2) is 45.5 Å². The highest BCUT2D eigenvalue weighted by Crippen LogP contribution is 2.42. The van der Waals surface area contributed by atoms with Crippen LogP contribution in [0.5, 0.6) is 11.5 Å². The molecule has 1 aromatic rings. The Hall–Kier alpha value is -0.910. The van der Waals surface area contributed by atoms with Gasteiger partial charge in [-0.05, 0) is 49.9 Å². The molecule has 0 aliphatic carbocycles. The highest BCUT2D eigenvalue weighted by atomic mass is 32.2. The molecule has 2 atom stereocenters. The van der Waals surface area contributed by atoms with Crippen LogP contribution in [0.25, 0.3) is 0 Å². The Bertz CT molecular complexity index is 467. The molecule has 1 fully saturated rings. The minimum atomic E-state index is 0.408. The van der Waals surface area contributed by atoms with E-state index in [4.69, 9.17) is 15.2 Å². The van der Waals surface area contributed by atoms with E-state index < -0.39 is 0 Å². The van der Waals surface area contributed by atoms with Gasteiger partial charge in [-0.1, -0.05) is 0 Å². The lowest BCUT2D eigenvalue weighted by atomic mass is 9.99. The average molecular weight is 296 g/mol. The highest BCUT2D eigenvalue weighted by molar-refractivity contribution is 7.98. The minimum Gasteiger partial charge on any atom is -0.493 e. The maximum atomic E-state index is 5.83. The quantitative estimate of drug-likeness (QED) is 0.845. The summed E-state index contributed by atoms with van der Waals surface area (Å²) < 4.78 is 10.8. The second-order valence-corrected chi connectivity index (χ2v) is 6.09. The van der Waals surface area contributed by atoms with Gasteiger partial charge in [0.25, 0.3) is 0 Å². The summed E-state index contributed by atoms with van der Waals surface area (Å²) in [6.07, 6.45) is 3.20. The van der Waals surface area contributed by atoms with Crippen molar-refractivity contribution in [1.29, 1.82) is 0 Å². The van der Waals surface area contributed by atoms with E-state index in [1.165, 1.54) is 10.5 Å². The molecule has 112 valence electrons. The molecule has 0 aromatic heterocycles.